The van der Waals surface area contributed by atoms with Gasteiger partial charge in [0, 0.05) is 37.4 Å². The summed E-state index contributed by atoms with van der Waals surface area (Å²) in [7, 11) is 2.06. The van der Waals surface area contributed by atoms with Gasteiger partial charge < -0.3 is 9.47 Å². The van der Waals surface area contributed by atoms with Gasteiger partial charge in [0.25, 0.3) is 5.91 Å². The largest absolute Gasteiger partial charge is 0.353 e. The van der Waals surface area contributed by atoms with Crippen molar-refractivity contribution in [3.63, 3.8) is 0 Å². The van der Waals surface area contributed by atoms with Crippen LogP contribution in [0.2, 0.25) is 0 Å². The molecule has 6 heteroatoms. The highest BCUT2D eigenvalue weighted by Gasteiger charge is 2.30. The van der Waals surface area contributed by atoms with Crippen LogP contribution >= 0.6 is 0 Å². The lowest BCUT2D eigenvalue weighted by Gasteiger charge is -2.31. The molecule has 0 saturated carbocycles. The zero-order valence-electron chi connectivity index (χ0n) is 16.4. The van der Waals surface area contributed by atoms with Crippen molar-refractivity contribution < 1.29 is 4.79 Å². The summed E-state index contributed by atoms with van der Waals surface area (Å²) in [5, 5.41) is 5.30. The summed E-state index contributed by atoms with van der Waals surface area (Å²) in [4.78, 5) is 20.3. The molecule has 0 N–H and O–H groups in total. The van der Waals surface area contributed by atoms with Crippen molar-refractivity contribution in [3.05, 3.63) is 47.5 Å². The number of hydrogen-bond acceptors (Lipinski definition) is 3. The lowest BCUT2D eigenvalue weighted by atomic mass is 10.0. The first kappa shape index (κ1) is 17.8. The summed E-state index contributed by atoms with van der Waals surface area (Å²) < 4.78 is 4.01. The van der Waals surface area contributed by atoms with Gasteiger partial charge in [-0.3, -0.25) is 4.79 Å². The van der Waals surface area contributed by atoms with Gasteiger partial charge in [0.2, 0.25) is 0 Å². The molecular weight excluding hydrogens is 338 g/mol. The molecule has 4 heterocycles. The van der Waals surface area contributed by atoms with Crippen molar-refractivity contribution in [2.75, 3.05) is 6.54 Å². The SMILES string of the molecule is CCn1ncc2cc(C(=O)N3CCCCCC3c3cccn3C)c(C)nc21. The van der Waals surface area contributed by atoms with E-state index < -0.39 is 0 Å². The fourth-order valence-corrected chi connectivity index (χ4v) is 4.18. The van der Waals surface area contributed by atoms with Crippen molar-refractivity contribution in [2.45, 2.75) is 52.1 Å². The number of fused-ring (bicyclic) bond motifs is 1. The van der Waals surface area contributed by atoms with E-state index in [1.165, 1.54) is 12.1 Å². The van der Waals surface area contributed by atoms with E-state index in [0.717, 1.165) is 49.1 Å². The smallest absolute Gasteiger partial charge is 0.256 e. The molecule has 1 amide bonds. The molecule has 0 aliphatic carbocycles. The predicted molar refractivity (Wildman–Crippen MR) is 106 cm³/mol. The number of amides is 1. The molecule has 1 saturated heterocycles. The Balaban J connectivity index is 1.74. The Labute approximate surface area is 159 Å². The van der Waals surface area contributed by atoms with E-state index in [1.54, 1.807) is 6.20 Å². The standard InChI is InChI=1S/C21H27N5O/c1-4-26-20-16(14-22-26)13-17(15(2)23-20)21(27)25-12-7-5-6-9-19(25)18-10-8-11-24(18)3/h8,10-11,13-14,19H,4-7,9,12H2,1-3H3. The summed E-state index contributed by atoms with van der Waals surface area (Å²) in [5.74, 6) is 0.0826. The molecule has 0 radical (unpaired) electrons. The molecule has 27 heavy (non-hydrogen) atoms. The summed E-state index contributed by atoms with van der Waals surface area (Å²) in [6.45, 7) is 5.53. The van der Waals surface area contributed by atoms with E-state index in [9.17, 15) is 4.79 Å². The third kappa shape index (κ3) is 3.13. The second-order valence-corrected chi connectivity index (χ2v) is 7.40. The fourth-order valence-electron chi connectivity index (χ4n) is 4.18. The molecule has 1 aliphatic heterocycles. The Bertz CT molecular complexity index is 970. The minimum absolute atomic E-state index is 0.0826. The Morgan fingerprint density at radius 1 is 1.30 bits per heavy atom. The highest BCUT2D eigenvalue weighted by atomic mass is 16.2. The summed E-state index contributed by atoms with van der Waals surface area (Å²) in [6.07, 6.45) is 8.24. The van der Waals surface area contributed by atoms with Gasteiger partial charge in [0.1, 0.15) is 0 Å². The fraction of sp³-hybridized carbons (Fsp3) is 0.476. The Kier molecular flexibility index (Phi) is 4.72. The second kappa shape index (κ2) is 7.18. The van der Waals surface area contributed by atoms with Gasteiger partial charge in [-0.25, -0.2) is 9.67 Å². The molecule has 1 fully saturated rings. The first-order chi connectivity index (χ1) is 13.1. The van der Waals surface area contributed by atoms with Gasteiger partial charge in [0.05, 0.1) is 23.5 Å². The summed E-state index contributed by atoms with van der Waals surface area (Å²) in [5.41, 5.74) is 3.52. The average Bonchev–Trinajstić information content (AvgIpc) is 3.18. The maximum absolute atomic E-state index is 13.6. The van der Waals surface area contributed by atoms with E-state index >= 15 is 0 Å². The van der Waals surface area contributed by atoms with E-state index in [2.05, 4.69) is 39.9 Å². The highest BCUT2D eigenvalue weighted by Crippen LogP contribution is 2.32. The van der Waals surface area contributed by atoms with Crippen LogP contribution in [0.1, 0.15) is 60.4 Å². The third-order valence-electron chi connectivity index (χ3n) is 5.67. The van der Waals surface area contributed by atoms with Crippen molar-refractivity contribution >= 4 is 16.9 Å². The molecular formula is C21H27N5O. The van der Waals surface area contributed by atoms with E-state index in [4.69, 9.17) is 4.98 Å². The monoisotopic (exact) mass is 365 g/mol. The number of pyridine rings is 1. The number of aryl methyl sites for hydroxylation is 3. The first-order valence-corrected chi connectivity index (χ1v) is 9.85. The van der Waals surface area contributed by atoms with E-state index in [-0.39, 0.29) is 11.9 Å². The molecule has 0 spiro atoms. The van der Waals surface area contributed by atoms with Gasteiger partial charge in [-0.2, -0.15) is 5.10 Å². The van der Waals surface area contributed by atoms with Crippen LogP contribution in [-0.2, 0) is 13.6 Å². The number of likely N-dealkylation sites (tertiary alicyclic amines) is 1. The molecule has 6 nitrogen and oxygen atoms in total. The molecule has 142 valence electrons. The van der Waals surface area contributed by atoms with Gasteiger partial charge in [0.15, 0.2) is 5.65 Å². The minimum Gasteiger partial charge on any atom is -0.353 e. The molecule has 4 rings (SSSR count). The lowest BCUT2D eigenvalue weighted by molar-refractivity contribution is 0.0673. The van der Waals surface area contributed by atoms with Crippen molar-refractivity contribution in [3.8, 4) is 0 Å². The number of aromatic nitrogens is 4. The van der Waals surface area contributed by atoms with E-state index in [0.29, 0.717) is 5.56 Å². The average molecular weight is 365 g/mol. The van der Waals surface area contributed by atoms with Gasteiger partial charge in [-0.1, -0.05) is 12.8 Å². The Morgan fingerprint density at radius 3 is 2.89 bits per heavy atom. The molecule has 3 aromatic rings. The number of nitrogens with zero attached hydrogens (tertiary/aromatic N) is 5. The van der Waals surface area contributed by atoms with Crippen molar-refractivity contribution in [2.24, 2.45) is 7.05 Å². The molecule has 1 aliphatic rings. The maximum atomic E-state index is 13.6. The van der Waals surface area contributed by atoms with Crippen LogP contribution in [0, 0.1) is 6.92 Å². The van der Waals surface area contributed by atoms with E-state index in [1.807, 2.05) is 24.6 Å². The van der Waals surface area contributed by atoms with Crippen LogP contribution in [0.25, 0.3) is 11.0 Å². The van der Waals surface area contributed by atoms with Crippen LogP contribution < -0.4 is 0 Å². The van der Waals surface area contributed by atoms with Crippen LogP contribution in [0.15, 0.2) is 30.6 Å². The Morgan fingerprint density at radius 2 is 2.15 bits per heavy atom. The minimum atomic E-state index is 0.0826. The first-order valence-electron chi connectivity index (χ1n) is 9.85. The van der Waals surface area contributed by atoms with Crippen LogP contribution in [0.5, 0.6) is 0 Å². The van der Waals surface area contributed by atoms with Crippen molar-refractivity contribution in [1.29, 1.82) is 0 Å². The summed E-state index contributed by atoms with van der Waals surface area (Å²) in [6, 6.07) is 6.27. The van der Waals surface area contributed by atoms with Crippen LogP contribution in [0.4, 0.5) is 0 Å². The number of hydrogen-bond donors (Lipinski definition) is 0. The van der Waals surface area contributed by atoms with Crippen molar-refractivity contribution in [1.82, 2.24) is 24.2 Å². The molecule has 1 unspecified atom stereocenters. The predicted octanol–water partition coefficient (Wildman–Crippen LogP) is 3.86. The second-order valence-electron chi connectivity index (χ2n) is 7.40. The Hall–Kier alpha value is -2.63. The number of rotatable bonds is 3. The third-order valence-corrected chi connectivity index (χ3v) is 5.67. The lowest BCUT2D eigenvalue weighted by Crippen LogP contribution is -2.36. The zero-order chi connectivity index (χ0) is 19.0. The number of carbonyl (C=O) groups is 1. The molecule has 0 bridgehead atoms. The maximum Gasteiger partial charge on any atom is 0.256 e. The number of carbonyl (C=O) groups excluding carboxylic acids is 1. The normalized spacial score (nSPS) is 18.0. The van der Waals surface area contributed by atoms with Gasteiger partial charge in [-0.05, 0) is 44.9 Å². The quantitative estimate of drug-likeness (QED) is 0.708. The highest BCUT2D eigenvalue weighted by molar-refractivity contribution is 5.98. The van der Waals surface area contributed by atoms with Gasteiger partial charge >= 0.3 is 0 Å². The molecule has 0 aromatic carbocycles. The van der Waals surface area contributed by atoms with Crippen LogP contribution in [-0.4, -0.2) is 36.7 Å². The summed E-state index contributed by atoms with van der Waals surface area (Å²) >= 11 is 0. The zero-order valence-corrected chi connectivity index (χ0v) is 16.4. The topological polar surface area (TPSA) is 56.0 Å². The molecule has 1 atom stereocenters. The molecule has 3 aromatic heterocycles. The van der Waals surface area contributed by atoms with Crippen LogP contribution in [0.3, 0.4) is 0 Å². The van der Waals surface area contributed by atoms with Gasteiger partial charge in [-0.15, -0.1) is 0 Å².